The van der Waals surface area contributed by atoms with E-state index in [0.29, 0.717) is 34.6 Å². The molecule has 0 spiro atoms. The maximum Gasteiger partial charge on any atom is 0.222 e. The number of nitrogens with zero attached hydrogens (tertiary/aromatic N) is 3. The van der Waals surface area contributed by atoms with E-state index in [2.05, 4.69) is 46.4 Å². The predicted molar refractivity (Wildman–Crippen MR) is 201 cm³/mol. The molecule has 0 bridgehead atoms. The molecule has 6 N–H and O–H groups in total. The van der Waals surface area contributed by atoms with Crippen LogP contribution in [0.2, 0.25) is 0 Å². The van der Waals surface area contributed by atoms with Crippen LogP contribution in [-0.4, -0.2) is 45.4 Å². The van der Waals surface area contributed by atoms with E-state index in [1.807, 2.05) is 33.0 Å². The second-order valence-corrected chi connectivity index (χ2v) is 14.1. The number of carbonyl (C=O) groups excluding carboxylic acids is 1. The largest absolute Gasteiger partial charge is 0.484 e. The third-order valence-corrected chi connectivity index (χ3v) is 9.11. The summed E-state index contributed by atoms with van der Waals surface area (Å²) in [7, 11) is 0. The average molecular weight is 682 g/mol. The summed E-state index contributed by atoms with van der Waals surface area (Å²) in [5.74, 6) is 1.93. The Hall–Kier alpha value is -4.70. The van der Waals surface area contributed by atoms with E-state index >= 15 is 0 Å². The van der Waals surface area contributed by atoms with Crippen molar-refractivity contribution >= 4 is 23.4 Å². The molecule has 2 atom stereocenters. The molecule has 5 rings (SSSR count). The van der Waals surface area contributed by atoms with Crippen molar-refractivity contribution in [1.29, 1.82) is 10.8 Å². The molecule has 2 aromatic carbocycles. The Morgan fingerprint density at radius 2 is 1.72 bits per heavy atom. The fraction of sp³-hybridized carbons (Fsp3) is 0.450. The second-order valence-electron chi connectivity index (χ2n) is 14.1. The van der Waals surface area contributed by atoms with Gasteiger partial charge in [-0.25, -0.2) is 4.99 Å². The molecule has 10 heteroatoms. The van der Waals surface area contributed by atoms with Crippen LogP contribution in [0.3, 0.4) is 0 Å². The Balaban J connectivity index is 0.000000238. The fourth-order valence-electron chi connectivity index (χ4n) is 6.21. The van der Waals surface area contributed by atoms with E-state index in [1.165, 1.54) is 37.3 Å². The molecule has 268 valence electrons. The van der Waals surface area contributed by atoms with Crippen molar-refractivity contribution in [3.63, 3.8) is 0 Å². The number of benzene rings is 2. The lowest BCUT2D eigenvalue weighted by Crippen LogP contribution is -2.42. The van der Waals surface area contributed by atoms with Crippen LogP contribution in [0.4, 0.5) is 5.69 Å². The molecule has 2 heterocycles. The molecule has 50 heavy (non-hydrogen) atoms. The van der Waals surface area contributed by atoms with Gasteiger partial charge in [0.2, 0.25) is 11.9 Å². The zero-order chi connectivity index (χ0) is 36.3. The highest BCUT2D eigenvalue weighted by Gasteiger charge is 2.28. The van der Waals surface area contributed by atoms with E-state index in [9.17, 15) is 4.79 Å². The highest BCUT2D eigenvalue weighted by atomic mass is 16.5. The average Bonchev–Trinajstić information content (AvgIpc) is 3.10. The Morgan fingerprint density at radius 1 is 1.04 bits per heavy atom. The number of aromatic nitrogens is 1. The smallest absolute Gasteiger partial charge is 0.222 e. The van der Waals surface area contributed by atoms with Crippen LogP contribution in [-0.2, 0) is 11.4 Å². The topological polar surface area (TPSA) is 153 Å². The first-order chi connectivity index (χ1) is 23.9. The molecule has 1 amide bonds. The standard InChI is InChI=1S/C24H32N4O.C16H23N3O2/c1-2-8-18-11-13-22(21-10-5-4-9-20(18)21)29-19-12-14-23(25)28(17-19)24(26)27-15-6-3-7-16-27;1-11(21)18-15(9-14(17)16(2,3)4)19-13-7-5-12(10-20)6-8-13/h4-5,9-10,12,14,17-18,22,25-26H,2-3,6-8,11,13,15-16H2,1H3;5-9,20H,10,17H2,1-4H3,(H,18,19,21)/b;14-9-/t18-,22+;/m0./s1. The molecule has 1 fully saturated rings. The number of nitrogens with two attached hydrogens (primary N) is 1. The highest BCUT2D eigenvalue weighted by Crippen LogP contribution is 2.41. The number of nitrogens with one attached hydrogen (secondary N) is 3. The van der Waals surface area contributed by atoms with E-state index in [4.69, 9.17) is 26.4 Å². The van der Waals surface area contributed by atoms with Crippen molar-refractivity contribution in [3.8, 4) is 5.75 Å². The number of amidine groups is 1. The minimum absolute atomic E-state index is 0.0145. The number of fused-ring (bicyclic) bond motifs is 1. The number of aliphatic imine (C=N–C) groups is 1. The van der Waals surface area contributed by atoms with Gasteiger partial charge in [-0.05, 0) is 85.4 Å². The first-order valence-corrected chi connectivity index (χ1v) is 17.8. The fourth-order valence-corrected chi connectivity index (χ4v) is 6.21. The van der Waals surface area contributed by atoms with Crippen LogP contribution in [0.25, 0.3) is 0 Å². The van der Waals surface area contributed by atoms with Gasteiger partial charge in [-0.1, -0.05) is 70.5 Å². The SMILES string of the molecule is CC(=O)NC(/C=C(\N)C(C)(C)C)=Nc1ccc(CO)cc1.CCC[C@H]1CC[C@@H](Oc2ccc(=N)n(C(=N)N3CCCCC3)c2)c2ccccc21. The maximum absolute atomic E-state index is 11.3. The lowest BCUT2D eigenvalue weighted by molar-refractivity contribution is -0.117. The number of hydrogen-bond acceptors (Lipinski definition) is 7. The number of hydrogen-bond donors (Lipinski definition) is 5. The minimum atomic E-state index is -0.210. The number of rotatable bonds is 7. The molecule has 0 saturated carbocycles. The predicted octanol–water partition coefficient (Wildman–Crippen LogP) is 7.27. The van der Waals surface area contributed by atoms with Crippen molar-refractivity contribution in [2.75, 3.05) is 13.1 Å². The highest BCUT2D eigenvalue weighted by molar-refractivity contribution is 6.05. The molecule has 1 aliphatic heterocycles. The quantitative estimate of drug-likeness (QED) is 0.131. The van der Waals surface area contributed by atoms with Gasteiger partial charge in [0.15, 0.2) is 0 Å². The van der Waals surface area contributed by atoms with E-state index in [-0.39, 0.29) is 24.0 Å². The zero-order valence-electron chi connectivity index (χ0n) is 30.3. The number of pyridine rings is 1. The molecule has 1 aromatic heterocycles. The summed E-state index contributed by atoms with van der Waals surface area (Å²) in [5.41, 5.74) is 11.0. The molecule has 0 unspecified atom stereocenters. The summed E-state index contributed by atoms with van der Waals surface area (Å²) >= 11 is 0. The number of amides is 1. The molecule has 1 saturated heterocycles. The summed E-state index contributed by atoms with van der Waals surface area (Å²) < 4.78 is 8.07. The Bertz CT molecular complexity index is 1710. The van der Waals surface area contributed by atoms with Gasteiger partial charge in [0.05, 0.1) is 18.5 Å². The summed E-state index contributed by atoms with van der Waals surface area (Å²) in [5, 5.41) is 28.5. The van der Waals surface area contributed by atoms with Gasteiger partial charge in [-0.3, -0.25) is 20.2 Å². The molecular weight excluding hydrogens is 626 g/mol. The summed E-state index contributed by atoms with van der Waals surface area (Å²) in [6, 6.07) is 19.4. The van der Waals surface area contributed by atoms with Crippen molar-refractivity contribution in [1.82, 2.24) is 14.8 Å². The number of allylic oxidation sites excluding steroid dienone is 1. The van der Waals surface area contributed by atoms with Crippen LogP contribution < -0.4 is 21.3 Å². The Labute approximate surface area is 297 Å². The van der Waals surface area contributed by atoms with Gasteiger partial charge in [0.1, 0.15) is 23.2 Å². The Morgan fingerprint density at radius 3 is 2.34 bits per heavy atom. The summed E-state index contributed by atoms with van der Waals surface area (Å²) in [6.07, 6.45) is 11.6. The van der Waals surface area contributed by atoms with Gasteiger partial charge in [-0.15, -0.1) is 0 Å². The first kappa shape index (κ1) is 38.1. The molecular formula is C40H55N7O3. The van der Waals surface area contributed by atoms with Crippen LogP contribution in [0, 0.1) is 16.2 Å². The number of aliphatic hydroxyl groups is 1. The number of carbonyl (C=O) groups is 1. The molecule has 10 nitrogen and oxygen atoms in total. The second kappa shape index (κ2) is 17.8. The third-order valence-electron chi connectivity index (χ3n) is 9.11. The third kappa shape index (κ3) is 10.6. The van der Waals surface area contributed by atoms with E-state index < -0.39 is 0 Å². The van der Waals surface area contributed by atoms with Crippen LogP contribution in [0.15, 0.2) is 83.6 Å². The minimum Gasteiger partial charge on any atom is -0.484 e. The van der Waals surface area contributed by atoms with Gasteiger partial charge in [-0.2, -0.15) is 0 Å². The van der Waals surface area contributed by atoms with Gasteiger partial charge >= 0.3 is 0 Å². The van der Waals surface area contributed by atoms with Crippen molar-refractivity contribution in [3.05, 3.63) is 101 Å². The van der Waals surface area contributed by atoms with Crippen LogP contribution in [0.5, 0.6) is 5.75 Å². The summed E-state index contributed by atoms with van der Waals surface area (Å²) in [4.78, 5) is 17.7. The lowest BCUT2D eigenvalue weighted by Gasteiger charge is -2.32. The number of ether oxygens (including phenoxy) is 1. The summed E-state index contributed by atoms with van der Waals surface area (Å²) in [6.45, 7) is 11.4. The molecule has 1 aliphatic carbocycles. The number of likely N-dealkylation sites (tertiary alicyclic amines) is 1. The lowest BCUT2D eigenvalue weighted by atomic mass is 9.79. The van der Waals surface area contributed by atoms with Gasteiger partial charge in [0, 0.05) is 37.2 Å². The van der Waals surface area contributed by atoms with Gasteiger partial charge in [0.25, 0.3) is 0 Å². The van der Waals surface area contributed by atoms with E-state index in [0.717, 1.165) is 50.1 Å². The van der Waals surface area contributed by atoms with Crippen molar-refractivity contribution in [2.45, 2.75) is 98.2 Å². The Kier molecular flexibility index (Phi) is 13.6. The number of piperidine rings is 1. The number of aliphatic hydroxyl groups excluding tert-OH is 1. The van der Waals surface area contributed by atoms with Crippen LogP contribution >= 0.6 is 0 Å². The molecule has 3 aromatic rings. The monoisotopic (exact) mass is 681 g/mol. The van der Waals surface area contributed by atoms with Crippen molar-refractivity contribution in [2.24, 2.45) is 16.1 Å². The maximum atomic E-state index is 11.3. The van der Waals surface area contributed by atoms with Crippen molar-refractivity contribution < 1.29 is 14.6 Å². The van der Waals surface area contributed by atoms with Crippen LogP contribution in [0.1, 0.15) is 108 Å². The molecule has 0 radical (unpaired) electrons. The van der Waals surface area contributed by atoms with Gasteiger partial charge < -0.3 is 25.8 Å². The van der Waals surface area contributed by atoms with E-state index in [1.54, 1.807) is 41.0 Å². The zero-order valence-corrected chi connectivity index (χ0v) is 30.3. The molecule has 2 aliphatic rings. The first-order valence-electron chi connectivity index (χ1n) is 17.8. The normalized spacial score (nSPS) is 18.0.